The summed E-state index contributed by atoms with van der Waals surface area (Å²) >= 11 is 1.68. The van der Waals surface area contributed by atoms with Gasteiger partial charge in [0.1, 0.15) is 0 Å². The lowest BCUT2D eigenvalue weighted by Crippen LogP contribution is -2.36. The highest BCUT2D eigenvalue weighted by Crippen LogP contribution is 2.04. The smallest absolute Gasteiger partial charge is 0.242 e. The van der Waals surface area contributed by atoms with Crippen LogP contribution >= 0.6 is 11.8 Å². The summed E-state index contributed by atoms with van der Waals surface area (Å²) in [5.41, 5.74) is 5.70. The van der Waals surface area contributed by atoms with E-state index in [1.807, 2.05) is 6.26 Å². The largest absolute Gasteiger partial charge is 0.320 e. The van der Waals surface area contributed by atoms with E-state index in [2.05, 4.69) is 10.4 Å². The topological polar surface area (TPSA) is 72.9 Å². The Morgan fingerprint density at radius 3 is 3.07 bits per heavy atom. The van der Waals surface area contributed by atoms with Crippen molar-refractivity contribution < 1.29 is 4.79 Å². The van der Waals surface area contributed by atoms with Crippen LogP contribution in [0.1, 0.15) is 6.42 Å². The highest BCUT2D eigenvalue weighted by Gasteiger charge is 2.13. The molecule has 0 radical (unpaired) electrons. The van der Waals surface area contributed by atoms with Gasteiger partial charge >= 0.3 is 0 Å². The van der Waals surface area contributed by atoms with Crippen molar-refractivity contribution in [1.82, 2.24) is 9.78 Å². The molecule has 15 heavy (non-hydrogen) atoms. The lowest BCUT2D eigenvalue weighted by molar-refractivity contribution is -0.117. The third-order valence-corrected chi connectivity index (χ3v) is 2.58. The number of carbonyl (C=O) groups is 1. The number of hydrogen-bond acceptors (Lipinski definition) is 4. The first-order valence-electron chi connectivity index (χ1n) is 4.68. The van der Waals surface area contributed by atoms with Crippen LogP contribution in [0.2, 0.25) is 0 Å². The fourth-order valence-electron chi connectivity index (χ4n) is 1.08. The van der Waals surface area contributed by atoms with Crippen molar-refractivity contribution in [3.63, 3.8) is 0 Å². The molecule has 0 unspecified atom stereocenters. The third kappa shape index (κ3) is 3.93. The predicted molar refractivity (Wildman–Crippen MR) is 62.8 cm³/mol. The van der Waals surface area contributed by atoms with Crippen LogP contribution in [0.4, 0.5) is 5.82 Å². The summed E-state index contributed by atoms with van der Waals surface area (Å²) in [5, 5.41) is 6.70. The molecule has 0 saturated heterocycles. The molecule has 1 amide bonds. The molecule has 1 heterocycles. The summed E-state index contributed by atoms with van der Waals surface area (Å²) in [6, 6.07) is 1.28. The highest BCUT2D eigenvalue weighted by atomic mass is 32.2. The second kappa shape index (κ2) is 5.77. The number of thioether (sulfide) groups is 1. The van der Waals surface area contributed by atoms with E-state index in [4.69, 9.17) is 5.73 Å². The first kappa shape index (κ1) is 12.1. The molecule has 0 bridgehead atoms. The lowest BCUT2D eigenvalue weighted by Gasteiger charge is -2.09. The number of rotatable bonds is 5. The molecule has 1 rings (SSSR count). The molecule has 1 aromatic heterocycles. The Labute approximate surface area is 93.4 Å². The van der Waals surface area contributed by atoms with Gasteiger partial charge in [0.2, 0.25) is 5.91 Å². The second-order valence-corrected chi connectivity index (χ2v) is 4.24. The summed E-state index contributed by atoms with van der Waals surface area (Å²) in [7, 11) is 1.79. The van der Waals surface area contributed by atoms with Gasteiger partial charge in [-0.05, 0) is 18.4 Å². The van der Waals surface area contributed by atoms with E-state index in [1.54, 1.807) is 35.8 Å². The van der Waals surface area contributed by atoms with Crippen LogP contribution in [0, 0.1) is 0 Å². The number of carbonyl (C=O) groups excluding carboxylic acids is 1. The maximum Gasteiger partial charge on any atom is 0.242 e. The van der Waals surface area contributed by atoms with Gasteiger partial charge in [-0.15, -0.1) is 0 Å². The van der Waals surface area contributed by atoms with Crippen LogP contribution in [-0.4, -0.2) is 33.7 Å². The zero-order valence-electron chi connectivity index (χ0n) is 8.93. The van der Waals surface area contributed by atoms with Crippen LogP contribution < -0.4 is 11.1 Å². The van der Waals surface area contributed by atoms with E-state index >= 15 is 0 Å². The monoisotopic (exact) mass is 228 g/mol. The van der Waals surface area contributed by atoms with E-state index in [9.17, 15) is 4.79 Å². The van der Waals surface area contributed by atoms with Gasteiger partial charge in [-0.25, -0.2) is 0 Å². The molecular formula is C9H16N4OS. The molecular weight excluding hydrogens is 212 g/mol. The number of nitrogens with two attached hydrogens (primary N) is 1. The molecule has 1 aromatic rings. The van der Waals surface area contributed by atoms with Crippen LogP contribution in [0.15, 0.2) is 12.3 Å². The van der Waals surface area contributed by atoms with Gasteiger partial charge in [-0.1, -0.05) is 0 Å². The molecule has 0 aliphatic heterocycles. The maximum absolute atomic E-state index is 11.5. The number of anilines is 1. The van der Waals surface area contributed by atoms with Crippen molar-refractivity contribution in [1.29, 1.82) is 0 Å². The minimum Gasteiger partial charge on any atom is -0.320 e. The Hall–Kier alpha value is -1.01. The van der Waals surface area contributed by atoms with Gasteiger partial charge in [-0.2, -0.15) is 16.9 Å². The van der Waals surface area contributed by atoms with E-state index in [0.717, 1.165) is 5.75 Å². The molecule has 6 heteroatoms. The SMILES string of the molecule is CSCC[C@H](N)C(=O)Nc1ccn(C)n1. The quantitative estimate of drug-likeness (QED) is 0.767. The zero-order valence-corrected chi connectivity index (χ0v) is 9.75. The normalized spacial score (nSPS) is 12.5. The molecule has 0 spiro atoms. The van der Waals surface area contributed by atoms with Crippen molar-refractivity contribution in [2.75, 3.05) is 17.3 Å². The number of nitrogens with one attached hydrogen (secondary N) is 1. The summed E-state index contributed by atoms with van der Waals surface area (Å²) < 4.78 is 1.63. The summed E-state index contributed by atoms with van der Waals surface area (Å²) in [6.07, 6.45) is 4.44. The predicted octanol–water partition coefficient (Wildman–Crippen LogP) is 0.439. The molecule has 0 aromatic carbocycles. The minimum absolute atomic E-state index is 0.178. The minimum atomic E-state index is -0.459. The maximum atomic E-state index is 11.5. The number of aryl methyl sites for hydroxylation is 1. The number of amides is 1. The molecule has 0 saturated carbocycles. The van der Waals surface area contributed by atoms with Gasteiger partial charge in [0.15, 0.2) is 5.82 Å². The Morgan fingerprint density at radius 2 is 2.53 bits per heavy atom. The summed E-state index contributed by atoms with van der Waals surface area (Å²) in [6.45, 7) is 0. The fourth-order valence-corrected chi connectivity index (χ4v) is 1.57. The molecule has 1 atom stereocenters. The Kier molecular flexibility index (Phi) is 4.64. The molecule has 0 fully saturated rings. The van der Waals surface area contributed by atoms with Crippen LogP contribution in [0.25, 0.3) is 0 Å². The standard InChI is InChI=1S/C9H16N4OS/c1-13-5-3-8(12-13)11-9(14)7(10)4-6-15-2/h3,5,7H,4,6,10H2,1-2H3,(H,11,12,14)/t7-/m0/s1. The first-order valence-corrected chi connectivity index (χ1v) is 6.08. The van der Waals surface area contributed by atoms with Gasteiger partial charge < -0.3 is 11.1 Å². The Balaban J connectivity index is 2.41. The van der Waals surface area contributed by atoms with Crippen molar-refractivity contribution in [3.05, 3.63) is 12.3 Å². The lowest BCUT2D eigenvalue weighted by atomic mass is 10.2. The number of hydrogen-bond donors (Lipinski definition) is 2. The van der Waals surface area contributed by atoms with Crippen molar-refractivity contribution in [3.8, 4) is 0 Å². The summed E-state index contributed by atoms with van der Waals surface area (Å²) in [5.74, 6) is 1.25. The molecule has 5 nitrogen and oxygen atoms in total. The van der Waals surface area contributed by atoms with E-state index in [-0.39, 0.29) is 5.91 Å². The molecule has 3 N–H and O–H groups in total. The molecule has 0 aliphatic rings. The first-order chi connectivity index (χ1) is 7.13. The number of nitrogens with zero attached hydrogens (tertiary/aromatic N) is 2. The third-order valence-electron chi connectivity index (χ3n) is 1.93. The Bertz CT molecular complexity index is 326. The van der Waals surface area contributed by atoms with Gasteiger partial charge in [0.05, 0.1) is 6.04 Å². The van der Waals surface area contributed by atoms with Crippen molar-refractivity contribution >= 4 is 23.5 Å². The Morgan fingerprint density at radius 1 is 1.80 bits per heavy atom. The highest BCUT2D eigenvalue weighted by molar-refractivity contribution is 7.98. The van der Waals surface area contributed by atoms with Gasteiger partial charge in [0.25, 0.3) is 0 Å². The molecule has 0 aliphatic carbocycles. The van der Waals surface area contributed by atoms with E-state index in [0.29, 0.717) is 12.2 Å². The van der Waals surface area contributed by atoms with Gasteiger partial charge in [0, 0.05) is 19.3 Å². The second-order valence-electron chi connectivity index (χ2n) is 3.25. The fraction of sp³-hybridized carbons (Fsp3) is 0.556. The average Bonchev–Trinajstić information content (AvgIpc) is 2.60. The summed E-state index contributed by atoms with van der Waals surface area (Å²) in [4.78, 5) is 11.5. The van der Waals surface area contributed by atoms with Gasteiger partial charge in [-0.3, -0.25) is 9.48 Å². The van der Waals surface area contributed by atoms with Crippen LogP contribution in [-0.2, 0) is 11.8 Å². The zero-order chi connectivity index (χ0) is 11.3. The van der Waals surface area contributed by atoms with E-state index in [1.165, 1.54) is 0 Å². The van der Waals surface area contributed by atoms with Crippen LogP contribution in [0.5, 0.6) is 0 Å². The van der Waals surface area contributed by atoms with E-state index < -0.39 is 6.04 Å². The molecule has 84 valence electrons. The average molecular weight is 228 g/mol. The number of aromatic nitrogens is 2. The van der Waals surface area contributed by atoms with Crippen molar-refractivity contribution in [2.45, 2.75) is 12.5 Å². The van der Waals surface area contributed by atoms with Crippen LogP contribution in [0.3, 0.4) is 0 Å². The van der Waals surface area contributed by atoms with Crippen molar-refractivity contribution in [2.24, 2.45) is 12.8 Å².